The Bertz CT molecular complexity index is 444. The lowest BCUT2D eigenvalue weighted by molar-refractivity contribution is -0.0899. The lowest BCUT2D eigenvalue weighted by Crippen LogP contribution is -2.46. The molecule has 1 aliphatic heterocycles. The van der Waals surface area contributed by atoms with Gasteiger partial charge in [-0.25, -0.2) is 4.39 Å². The quantitative estimate of drug-likeness (QED) is 0.896. The minimum atomic E-state index is -0.324. The summed E-state index contributed by atoms with van der Waals surface area (Å²) in [6, 6.07) is 4.59. The fraction of sp³-hybridized carbons (Fsp3) is 0.625. The molecule has 0 radical (unpaired) electrons. The van der Waals surface area contributed by atoms with Crippen LogP contribution in [-0.2, 0) is 4.74 Å². The first-order chi connectivity index (χ1) is 9.60. The van der Waals surface area contributed by atoms with Crippen LogP contribution in [0.1, 0.15) is 44.7 Å². The van der Waals surface area contributed by atoms with Gasteiger partial charge in [-0.1, -0.05) is 6.92 Å². The molecule has 0 aromatic heterocycles. The average Bonchev–Trinajstić information content (AvgIpc) is 2.45. The number of halogens is 1. The molecule has 20 heavy (non-hydrogen) atoms. The maximum Gasteiger partial charge on any atom is 0.123 e. The Hall–Kier alpha value is -1.13. The van der Waals surface area contributed by atoms with Crippen molar-refractivity contribution >= 4 is 0 Å². The van der Waals surface area contributed by atoms with E-state index in [1.54, 1.807) is 19.2 Å². The molecule has 1 aromatic rings. The van der Waals surface area contributed by atoms with Crippen molar-refractivity contribution in [2.24, 2.45) is 0 Å². The Morgan fingerprint density at radius 1 is 1.45 bits per heavy atom. The number of nitrogens with one attached hydrogen (secondary N) is 1. The van der Waals surface area contributed by atoms with E-state index in [1.165, 1.54) is 6.07 Å². The van der Waals surface area contributed by atoms with Gasteiger partial charge in [0.15, 0.2) is 0 Å². The monoisotopic (exact) mass is 281 g/mol. The average molecular weight is 281 g/mol. The SMILES string of the molecule is CCNC(c1cc(F)ccc1OC)C1(C)CCCCO1. The molecule has 3 nitrogen and oxygen atoms in total. The maximum absolute atomic E-state index is 13.7. The van der Waals surface area contributed by atoms with Gasteiger partial charge in [0.05, 0.1) is 18.8 Å². The van der Waals surface area contributed by atoms with Crippen LogP contribution in [-0.4, -0.2) is 25.9 Å². The first kappa shape index (κ1) is 15.3. The van der Waals surface area contributed by atoms with Gasteiger partial charge in [-0.2, -0.15) is 0 Å². The number of rotatable bonds is 5. The summed E-state index contributed by atoms with van der Waals surface area (Å²) >= 11 is 0. The van der Waals surface area contributed by atoms with Crippen molar-refractivity contribution in [2.45, 2.75) is 44.8 Å². The van der Waals surface area contributed by atoms with Crippen LogP contribution in [0.25, 0.3) is 0 Å². The zero-order chi connectivity index (χ0) is 14.6. The summed E-state index contributed by atoms with van der Waals surface area (Å²) in [5, 5.41) is 3.44. The lowest BCUT2D eigenvalue weighted by atomic mass is 9.83. The highest BCUT2D eigenvalue weighted by Crippen LogP contribution is 2.40. The molecule has 0 amide bonds. The van der Waals surface area contributed by atoms with E-state index in [0.717, 1.165) is 38.0 Å². The lowest BCUT2D eigenvalue weighted by Gasteiger charge is -2.41. The van der Waals surface area contributed by atoms with E-state index >= 15 is 0 Å². The Labute approximate surface area is 120 Å². The summed E-state index contributed by atoms with van der Waals surface area (Å²) in [7, 11) is 1.61. The molecular weight excluding hydrogens is 257 g/mol. The second-order valence-electron chi connectivity index (χ2n) is 5.50. The number of methoxy groups -OCH3 is 1. The van der Waals surface area contributed by atoms with Crippen molar-refractivity contribution < 1.29 is 13.9 Å². The van der Waals surface area contributed by atoms with Crippen LogP contribution in [0.15, 0.2) is 18.2 Å². The smallest absolute Gasteiger partial charge is 0.123 e. The van der Waals surface area contributed by atoms with Gasteiger partial charge in [0.25, 0.3) is 0 Å². The molecule has 1 N–H and O–H groups in total. The van der Waals surface area contributed by atoms with Crippen molar-refractivity contribution in [3.63, 3.8) is 0 Å². The van der Waals surface area contributed by atoms with Crippen molar-refractivity contribution in [1.29, 1.82) is 0 Å². The summed E-state index contributed by atoms with van der Waals surface area (Å²) in [5.41, 5.74) is 0.508. The van der Waals surface area contributed by atoms with Crippen LogP contribution in [0.4, 0.5) is 4.39 Å². The summed E-state index contributed by atoms with van der Waals surface area (Å²) in [4.78, 5) is 0. The largest absolute Gasteiger partial charge is 0.496 e. The third-order valence-electron chi connectivity index (χ3n) is 4.02. The maximum atomic E-state index is 13.7. The van der Waals surface area contributed by atoms with Crippen LogP contribution in [0.5, 0.6) is 5.75 Å². The first-order valence-corrected chi connectivity index (χ1v) is 7.31. The highest BCUT2D eigenvalue weighted by Gasteiger charge is 2.38. The van der Waals surface area contributed by atoms with E-state index in [2.05, 4.69) is 12.2 Å². The fourth-order valence-corrected chi connectivity index (χ4v) is 2.97. The predicted molar refractivity (Wildman–Crippen MR) is 77.6 cm³/mol. The normalized spacial score (nSPS) is 24.4. The number of likely N-dealkylation sites (N-methyl/N-ethyl adjacent to an activating group) is 1. The Kier molecular flexibility index (Phi) is 5.00. The zero-order valence-corrected chi connectivity index (χ0v) is 12.5. The molecule has 4 heteroatoms. The first-order valence-electron chi connectivity index (χ1n) is 7.31. The second kappa shape index (κ2) is 6.55. The van der Waals surface area contributed by atoms with E-state index in [-0.39, 0.29) is 17.5 Å². The number of ether oxygens (including phenoxy) is 2. The molecule has 1 heterocycles. The van der Waals surface area contributed by atoms with Gasteiger partial charge in [-0.05, 0) is 50.9 Å². The summed E-state index contributed by atoms with van der Waals surface area (Å²) < 4.78 is 25.1. The third-order valence-corrected chi connectivity index (χ3v) is 4.02. The summed E-state index contributed by atoms with van der Waals surface area (Å²) in [5.74, 6) is 0.455. The molecular formula is C16H24FNO2. The molecule has 1 fully saturated rings. The Morgan fingerprint density at radius 3 is 2.85 bits per heavy atom. The molecule has 0 bridgehead atoms. The van der Waals surface area contributed by atoms with Crippen LogP contribution >= 0.6 is 0 Å². The molecule has 1 saturated heterocycles. The highest BCUT2D eigenvalue weighted by molar-refractivity contribution is 5.38. The van der Waals surface area contributed by atoms with E-state index in [9.17, 15) is 4.39 Å². The van der Waals surface area contributed by atoms with Crippen LogP contribution in [0, 0.1) is 5.82 Å². The minimum Gasteiger partial charge on any atom is -0.496 e. The van der Waals surface area contributed by atoms with Gasteiger partial charge in [0.2, 0.25) is 0 Å². The highest BCUT2D eigenvalue weighted by atomic mass is 19.1. The van der Waals surface area contributed by atoms with Crippen LogP contribution in [0.3, 0.4) is 0 Å². The predicted octanol–water partition coefficient (Wildman–Crippen LogP) is 3.44. The van der Waals surface area contributed by atoms with Gasteiger partial charge < -0.3 is 14.8 Å². The van der Waals surface area contributed by atoms with E-state index < -0.39 is 0 Å². The standard InChI is InChI=1S/C16H24FNO2/c1-4-18-15(16(2)9-5-6-10-20-16)13-11-12(17)7-8-14(13)19-3/h7-8,11,15,18H,4-6,9-10H2,1-3H3. The van der Waals surface area contributed by atoms with Crippen molar-refractivity contribution in [3.05, 3.63) is 29.6 Å². The molecule has 2 unspecified atom stereocenters. The van der Waals surface area contributed by atoms with E-state index in [4.69, 9.17) is 9.47 Å². The van der Waals surface area contributed by atoms with Crippen molar-refractivity contribution in [3.8, 4) is 5.75 Å². The molecule has 1 aliphatic rings. The molecule has 2 atom stereocenters. The van der Waals surface area contributed by atoms with Gasteiger partial charge >= 0.3 is 0 Å². The number of hydrogen-bond acceptors (Lipinski definition) is 3. The second-order valence-corrected chi connectivity index (χ2v) is 5.50. The number of benzene rings is 1. The van der Waals surface area contributed by atoms with Crippen molar-refractivity contribution in [1.82, 2.24) is 5.32 Å². The minimum absolute atomic E-state index is 0.0709. The summed E-state index contributed by atoms with van der Waals surface area (Å²) in [6.45, 7) is 5.70. The molecule has 0 spiro atoms. The molecule has 112 valence electrons. The summed E-state index contributed by atoms with van der Waals surface area (Å²) in [6.07, 6.45) is 3.19. The zero-order valence-electron chi connectivity index (χ0n) is 12.5. The van der Waals surface area contributed by atoms with Gasteiger partial charge in [0.1, 0.15) is 11.6 Å². The molecule has 0 saturated carbocycles. The Balaban J connectivity index is 2.39. The van der Waals surface area contributed by atoms with Crippen LogP contribution < -0.4 is 10.1 Å². The molecule has 2 rings (SSSR count). The Morgan fingerprint density at radius 2 is 2.25 bits per heavy atom. The van der Waals surface area contributed by atoms with Gasteiger partial charge in [-0.3, -0.25) is 0 Å². The fourth-order valence-electron chi connectivity index (χ4n) is 2.97. The van der Waals surface area contributed by atoms with Gasteiger partial charge in [0, 0.05) is 12.2 Å². The topological polar surface area (TPSA) is 30.5 Å². The van der Waals surface area contributed by atoms with E-state index in [1.807, 2.05) is 6.92 Å². The van der Waals surface area contributed by atoms with Crippen LogP contribution in [0.2, 0.25) is 0 Å². The van der Waals surface area contributed by atoms with Gasteiger partial charge in [-0.15, -0.1) is 0 Å². The molecule has 1 aromatic carbocycles. The number of hydrogen-bond donors (Lipinski definition) is 1. The third kappa shape index (κ3) is 3.13. The van der Waals surface area contributed by atoms with Crippen molar-refractivity contribution in [2.75, 3.05) is 20.3 Å². The molecule has 0 aliphatic carbocycles. The van der Waals surface area contributed by atoms with E-state index in [0.29, 0.717) is 5.75 Å².